The van der Waals surface area contributed by atoms with E-state index in [4.69, 9.17) is 18.0 Å². The fourth-order valence-corrected chi connectivity index (χ4v) is 10.0. The molecule has 3 N–H and O–H groups in total. The molecule has 4 bridgehead atoms. The first kappa shape index (κ1) is 23.1. The van der Waals surface area contributed by atoms with Crippen molar-refractivity contribution in [3.05, 3.63) is 66.2 Å². The lowest BCUT2D eigenvalue weighted by molar-refractivity contribution is -0.0298. The van der Waals surface area contributed by atoms with Gasteiger partial charge in [0.15, 0.2) is 0 Å². The van der Waals surface area contributed by atoms with E-state index in [-0.39, 0.29) is 5.41 Å². The first-order valence-corrected chi connectivity index (χ1v) is 14.7. The predicted molar refractivity (Wildman–Crippen MR) is 147 cm³/mol. The van der Waals surface area contributed by atoms with Crippen molar-refractivity contribution >= 4 is 29.0 Å². The second-order valence-electron chi connectivity index (χ2n) is 11.8. The summed E-state index contributed by atoms with van der Waals surface area (Å²) in [7, 11) is 0. The van der Waals surface area contributed by atoms with Crippen molar-refractivity contribution in [2.45, 2.75) is 79.4 Å². The van der Waals surface area contributed by atoms with Gasteiger partial charge < -0.3 is 11.1 Å². The molecule has 0 saturated heterocycles. The van der Waals surface area contributed by atoms with Gasteiger partial charge >= 0.3 is 0 Å². The van der Waals surface area contributed by atoms with Crippen molar-refractivity contribution in [3.8, 4) is 0 Å². The van der Waals surface area contributed by atoms with Gasteiger partial charge in [-0.2, -0.15) is 0 Å². The fourth-order valence-electron chi connectivity index (χ4n) is 8.23. The Bertz CT molecular complexity index is 983. The number of thiocarbonyl (C=S) groups is 1. The highest BCUT2D eigenvalue weighted by atomic mass is 32.2. The van der Waals surface area contributed by atoms with Crippen LogP contribution in [-0.4, -0.2) is 22.8 Å². The number of nitrogens with one attached hydrogen (secondary N) is 1. The molecule has 5 saturated carbocycles. The molecule has 180 valence electrons. The Morgan fingerprint density at radius 1 is 0.882 bits per heavy atom. The lowest BCUT2D eigenvalue weighted by Gasteiger charge is -2.65. The number of thioether (sulfide) groups is 1. The van der Waals surface area contributed by atoms with Crippen molar-refractivity contribution in [3.63, 3.8) is 0 Å². The average Bonchev–Trinajstić information content (AvgIpc) is 2.87. The van der Waals surface area contributed by atoms with Crippen LogP contribution in [-0.2, 0) is 5.41 Å². The van der Waals surface area contributed by atoms with E-state index >= 15 is 0 Å². The van der Waals surface area contributed by atoms with Gasteiger partial charge in [0.2, 0.25) is 0 Å². The Balaban J connectivity index is 1.26. The number of rotatable bonds is 6. The van der Waals surface area contributed by atoms with Gasteiger partial charge in [-0.3, -0.25) is 0 Å². The SMILES string of the molecule is NC[C@H]1CC[C@H](NC(=S)C23CC4CC(c5ccccc5)(CC(C2)C4Sc2ccccc2)C3)CC1. The summed E-state index contributed by atoms with van der Waals surface area (Å²) >= 11 is 8.46. The zero-order chi connectivity index (χ0) is 23.2. The van der Waals surface area contributed by atoms with E-state index in [1.807, 2.05) is 0 Å². The van der Waals surface area contributed by atoms with Crippen LogP contribution in [0.25, 0.3) is 0 Å². The standard InChI is InChI=1S/C30H38N2S2/c31-19-21-11-13-25(14-12-21)32-28(33)30-17-22-15-29(20-30,24-7-3-1-4-8-24)16-23(18-30)27(22)34-26-9-5-2-6-10-26/h1-10,21-23,25,27H,11-20,31H2,(H,32,33)/t21-,22?,23?,25-,27?,29?,30?. The van der Waals surface area contributed by atoms with Gasteiger partial charge in [-0.25, -0.2) is 0 Å². The molecular weight excluding hydrogens is 452 g/mol. The summed E-state index contributed by atoms with van der Waals surface area (Å²) in [5.74, 6) is 2.18. The third-order valence-corrected chi connectivity index (χ3v) is 11.8. The molecule has 0 aliphatic heterocycles. The van der Waals surface area contributed by atoms with Gasteiger partial charge in [-0.15, -0.1) is 11.8 Å². The van der Waals surface area contributed by atoms with Crippen molar-refractivity contribution in [1.29, 1.82) is 0 Å². The number of hydrogen-bond acceptors (Lipinski definition) is 3. The Morgan fingerprint density at radius 3 is 2.12 bits per heavy atom. The van der Waals surface area contributed by atoms with Crippen LogP contribution in [0.5, 0.6) is 0 Å². The van der Waals surface area contributed by atoms with Gasteiger partial charge in [0.1, 0.15) is 0 Å². The second-order valence-corrected chi connectivity index (χ2v) is 13.4. The zero-order valence-corrected chi connectivity index (χ0v) is 21.8. The summed E-state index contributed by atoms with van der Waals surface area (Å²) in [5, 5.41) is 4.66. The molecule has 0 heterocycles. The van der Waals surface area contributed by atoms with E-state index in [9.17, 15) is 0 Å². The number of hydrogen-bond donors (Lipinski definition) is 2. The third-order valence-electron chi connectivity index (χ3n) is 9.62. The fraction of sp³-hybridized carbons (Fsp3) is 0.567. The van der Waals surface area contributed by atoms with Crippen molar-refractivity contribution in [1.82, 2.24) is 5.32 Å². The predicted octanol–water partition coefficient (Wildman–Crippen LogP) is 6.73. The van der Waals surface area contributed by atoms with Crippen LogP contribution in [0.4, 0.5) is 0 Å². The van der Waals surface area contributed by atoms with E-state index in [0.29, 0.717) is 17.4 Å². The molecule has 2 nitrogen and oxygen atoms in total. The highest BCUT2D eigenvalue weighted by molar-refractivity contribution is 8.00. The average molecular weight is 491 g/mol. The maximum Gasteiger partial charge on any atom is 0.0818 e. The highest BCUT2D eigenvalue weighted by Crippen LogP contribution is 2.68. The smallest absolute Gasteiger partial charge is 0.0818 e. The number of benzene rings is 2. The lowest BCUT2D eigenvalue weighted by Crippen LogP contribution is -2.63. The molecule has 7 rings (SSSR count). The third kappa shape index (κ3) is 4.14. The summed E-state index contributed by atoms with van der Waals surface area (Å²) in [6.07, 6.45) is 11.4. The molecule has 0 aromatic heterocycles. The van der Waals surface area contributed by atoms with Crippen LogP contribution in [0, 0.1) is 23.2 Å². The first-order chi connectivity index (χ1) is 16.6. The Kier molecular flexibility index (Phi) is 6.28. The first-order valence-electron chi connectivity index (χ1n) is 13.4. The summed E-state index contributed by atoms with van der Waals surface area (Å²) in [4.78, 5) is 2.63. The lowest BCUT2D eigenvalue weighted by atomic mass is 9.42. The topological polar surface area (TPSA) is 38.0 Å². The molecule has 0 spiro atoms. The van der Waals surface area contributed by atoms with Crippen LogP contribution in [0.15, 0.2) is 65.6 Å². The van der Waals surface area contributed by atoms with Crippen LogP contribution in [0.3, 0.4) is 0 Å². The van der Waals surface area contributed by atoms with Crippen molar-refractivity contribution in [2.75, 3.05) is 6.54 Å². The molecule has 5 aliphatic rings. The van der Waals surface area contributed by atoms with Gasteiger partial charge in [0.05, 0.1) is 4.99 Å². The van der Waals surface area contributed by atoms with Gasteiger partial charge in [-0.05, 0) is 105 Å². The molecule has 4 heteroatoms. The van der Waals surface area contributed by atoms with E-state index in [0.717, 1.165) is 23.6 Å². The monoisotopic (exact) mass is 490 g/mol. The normalized spacial score (nSPS) is 38.6. The van der Waals surface area contributed by atoms with Gasteiger partial charge in [-0.1, -0.05) is 60.7 Å². The van der Waals surface area contributed by atoms with Gasteiger partial charge in [0.25, 0.3) is 0 Å². The van der Waals surface area contributed by atoms with E-state index < -0.39 is 0 Å². The van der Waals surface area contributed by atoms with Crippen LogP contribution >= 0.6 is 24.0 Å². The molecule has 2 unspecified atom stereocenters. The zero-order valence-electron chi connectivity index (χ0n) is 20.1. The van der Waals surface area contributed by atoms with Crippen LogP contribution in [0.2, 0.25) is 0 Å². The molecule has 0 amide bonds. The largest absolute Gasteiger partial charge is 0.376 e. The minimum atomic E-state index is 0.176. The number of nitrogens with two attached hydrogens (primary N) is 1. The molecular formula is C30H38N2S2. The Morgan fingerprint density at radius 2 is 1.50 bits per heavy atom. The summed E-state index contributed by atoms with van der Waals surface area (Å²) in [5.41, 5.74) is 7.97. The van der Waals surface area contributed by atoms with E-state index in [1.165, 1.54) is 67.7 Å². The Hall–Kier alpha value is -1.36. The minimum absolute atomic E-state index is 0.176. The Labute approximate surface area is 214 Å². The van der Waals surface area contributed by atoms with Crippen molar-refractivity contribution in [2.24, 2.45) is 28.9 Å². The maximum atomic E-state index is 6.31. The quantitative estimate of drug-likeness (QED) is 0.440. The van der Waals surface area contributed by atoms with Crippen molar-refractivity contribution < 1.29 is 0 Å². The molecule has 2 atom stereocenters. The molecule has 5 aliphatic carbocycles. The maximum absolute atomic E-state index is 6.31. The molecule has 2 aromatic rings. The van der Waals surface area contributed by atoms with Crippen LogP contribution in [0.1, 0.15) is 63.4 Å². The van der Waals surface area contributed by atoms with Crippen LogP contribution < -0.4 is 11.1 Å². The minimum Gasteiger partial charge on any atom is -0.376 e. The molecule has 34 heavy (non-hydrogen) atoms. The summed E-state index contributed by atoms with van der Waals surface area (Å²) in [6.45, 7) is 0.838. The molecule has 5 fully saturated rings. The highest BCUT2D eigenvalue weighted by Gasteiger charge is 2.63. The molecule has 2 aromatic carbocycles. The van der Waals surface area contributed by atoms with Gasteiger partial charge in [0, 0.05) is 21.6 Å². The van der Waals surface area contributed by atoms with E-state index in [1.54, 1.807) is 5.56 Å². The second kappa shape index (κ2) is 9.26. The summed E-state index contributed by atoms with van der Waals surface area (Å²) < 4.78 is 0. The van der Waals surface area contributed by atoms with E-state index in [2.05, 4.69) is 77.7 Å². The summed E-state index contributed by atoms with van der Waals surface area (Å²) in [6, 6.07) is 23.1. The molecule has 0 radical (unpaired) electrons.